The predicted octanol–water partition coefficient (Wildman–Crippen LogP) is 6.02. The van der Waals surface area contributed by atoms with Gasteiger partial charge in [-0.05, 0) is 29.8 Å². The maximum Gasteiger partial charge on any atom is 0.162 e. The highest BCUT2D eigenvalue weighted by atomic mass is 32.1. The number of aromatic nitrogens is 1. The molecule has 3 rings (SSSR count). The van der Waals surface area contributed by atoms with E-state index in [1.807, 2.05) is 6.07 Å². The standard InChI is InChI=1S/C18H17NS2/c1-2-13-19-16(14-9-5-3-6-10-14)17(21-18(19)20)15-11-7-4-8-12-15/h3-12H,2,13H2,1H3. The zero-order chi connectivity index (χ0) is 14.7. The van der Waals surface area contributed by atoms with Gasteiger partial charge in [0.05, 0.1) is 10.6 Å². The average molecular weight is 311 g/mol. The Hall–Kier alpha value is -1.71. The van der Waals surface area contributed by atoms with Crippen LogP contribution in [0.1, 0.15) is 13.3 Å². The highest BCUT2D eigenvalue weighted by Gasteiger charge is 2.15. The van der Waals surface area contributed by atoms with Crippen LogP contribution < -0.4 is 0 Å². The smallest absolute Gasteiger partial charge is 0.162 e. The summed E-state index contributed by atoms with van der Waals surface area (Å²) in [5.41, 5.74) is 3.72. The highest BCUT2D eigenvalue weighted by Crippen LogP contribution is 2.37. The number of hydrogen-bond donors (Lipinski definition) is 0. The Kier molecular flexibility index (Phi) is 4.32. The Morgan fingerprint density at radius 1 is 0.905 bits per heavy atom. The Balaban J connectivity index is 2.26. The van der Waals surface area contributed by atoms with Crippen molar-refractivity contribution in [2.24, 2.45) is 0 Å². The van der Waals surface area contributed by atoms with Gasteiger partial charge < -0.3 is 4.57 Å². The first kappa shape index (κ1) is 14.2. The van der Waals surface area contributed by atoms with Crippen molar-refractivity contribution in [1.82, 2.24) is 4.57 Å². The lowest BCUT2D eigenvalue weighted by atomic mass is 10.1. The summed E-state index contributed by atoms with van der Waals surface area (Å²) in [5, 5.41) is 0. The highest BCUT2D eigenvalue weighted by molar-refractivity contribution is 7.73. The molecule has 0 aliphatic carbocycles. The van der Waals surface area contributed by atoms with Gasteiger partial charge in [-0.2, -0.15) is 0 Å². The van der Waals surface area contributed by atoms with Gasteiger partial charge in [0.1, 0.15) is 0 Å². The Morgan fingerprint density at radius 3 is 2.05 bits per heavy atom. The van der Waals surface area contributed by atoms with Crippen molar-refractivity contribution in [2.45, 2.75) is 19.9 Å². The van der Waals surface area contributed by atoms with E-state index in [0.29, 0.717) is 0 Å². The molecule has 0 amide bonds. The molecule has 0 spiro atoms. The number of rotatable bonds is 4. The van der Waals surface area contributed by atoms with Crippen molar-refractivity contribution in [3.05, 3.63) is 64.6 Å². The summed E-state index contributed by atoms with van der Waals surface area (Å²) in [4.78, 5) is 1.26. The fourth-order valence-electron chi connectivity index (χ4n) is 2.50. The van der Waals surface area contributed by atoms with Crippen LogP contribution in [0, 0.1) is 3.95 Å². The molecule has 0 bridgehead atoms. The summed E-state index contributed by atoms with van der Waals surface area (Å²) in [7, 11) is 0. The third kappa shape index (κ3) is 2.85. The minimum Gasteiger partial charge on any atom is -0.322 e. The molecule has 0 atom stereocenters. The molecule has 0 N–H and O–H groups in total. The lowest BCUT2D eigenvalue weighted by Crippen LogP contribution is -1.99. The summed E-state index contributed by atoms with van der Waals surface area (Å²) >= 11 is 7.31. The lowest BCUT2D eigenvalue weighted by Gasteiger charge is -2.10. The largest absolute Gasteiger partial charge is 0.322 e. The van der Waals surface area contributed by atoms with Crippen molar-refractivity contribution in [3.63, 3.8) is 0 Å². The molecular weight excluding hydrogens is 294 g/mol. The Bertz CT molecular complexity index is 770. The van der Waals surface area contributed by atoms with Gasteiger partial charge in [0.2, 0.25) is 0 Å². The monoisotopic (exact) mass is 311 g/mol. The fourth-order valence-corrected chi connectivity index (χ4v) is 3.98. The molecule has 1 aromatic heterocycles. The molecule has 1 nitrogen and oxygen atoms in total. The number of hydrogen-bond acceptors (Lipinski definition) is 2. The van der Waals surface area contributed by atoms with E-state index < -0.39 is 0 Å². The quantitative estimate of drug-likeness (QED) is 0.533. The number of benzene rings is 2. The van der Waals surface area contributed by atoms with Crippen LogP contribution in [0.2, 0.25) is 0 Å². The molecule has 3 heteroatoms. The molecule has 106 valence electrons. The van der Waals surface area contributed by atoms with Crippen molar-refractivity contribution in [2.75, 3.05) is 0 Å². The van der Waals surface area contributed by atoms with Gasteiger partial charge in [-0.25, -0.2) is 0 Å². The second-order valence-corrected chi connectivity index (χ2v) is 6.57. The third-order valence-corrected chi connectivity index (χ3v) is 4.92. The molecule has 0 aliphatic heterocycles. The van der Waals surface area contributed by atoms with Gasteiger partial charge in [0.25, 0.3) is 0 Å². The first-order valence-electron chi connectivity index (χ1n) is 7.15. The van der Waals surface area contributed by atoms with Crippen LogP contribution in [-0.2, 0) is 6.54 Å². The van der Waals surface area contributed by atoms with E-state index in [1.165, 1.54) is 21.7 Å². The van der Waals surface area contributed by atoms with Crippen molar-refractivity contribution in [3.8, 4) is 21.7 Å². The summed E-state index contributed by atoms with van der Waals surface area (Å²) in [6, 6.07) is 21.1. The molecule has 0 radical (unpaired) electrons. The Labute approximate surface area is 134 Å². The van der Waals surface area contributed by atoms with E-state index in [4.69, 9.17) is 12.2 Å². The van der Waals surface area contributed by atoms with Gasteiger partial charge in [-0.3, -0.25) is 0 Å². The SMILES string of the molecule is CCCn1c(-c2ccccc2)c(-c2ccccc2)sc1=S. The van der Waals surface area contributed by atoms with Gasteiger partial charge >= 0.3 is 0 Å². The van der Waals surface area contributed by atoms with Gasteiger partial charge in [-0.1, -0.05) is 67.6 Å². The molecule has 0 saturated heterocycles. The summed E-state index contributed by atoms with van der Waals surface area (Å²) in [5.74, 6) is 0. The maximum absolute atomic E-state index is 5.61. The van der Waals surface area contributed by atoms with Crippen LogP contribution in [0.15, 0.2) is 60.7 Å². The summed E-state index contributed by atoms with van der Waals surface area (Å²) in [6.45, 7) is 3.16. The van der Waals surface area contributed by atoms with Crippen LogP contribution >= 0.6 is 23.6 Å². The lowest BCUT2D eigenvalue weighted by molar-refractivity contribution is 0.686. The zero-order valence-corrected chi connectivity index (χ0v) is 13.6. The molecule has 3 aromatic rings. The number of nitrogens with zero attached hydrogens (tertiary/aromatic N) is 1. The van der Waals surface area contributed by atoms with Crippen molar-refractivity contribution < 1.29 is 0 Å². The molecule has 0 saturated carbocycles. The van der Waals surface area contributed by atoms with Crippen molar-refractivity contribution in [1.29, 1.82) is 0 Å². The second kappa shape index (κ2) is 6.37. The van der Waals surface area contributed by atoms with Crippen LogP contribution in [0.4, 0.5) is 0 Å². The predicted molar refractivity (Wildman–Crippen MR) is 94.3 cm³/mol. The van der Waals surface area contributed by atoms with E-state index in [-0.39, 0.29) is 0 Å². The Morgan fingerprint density at radius 2 is 1.48 bits per heavy atom. The van der Waals surface area contributed by atoms with Crippen LogP contribution in [0.5, 0.6) is 0 Å². The second-order valence-electron chi connectivity index (χ2n) is 4.93. The van der Waals surface area contributed by atoms with Gasteiger partial charge in [0.15, 0.2) is 3.95 Å². The number of thiazole rings is 1. The van der Waals surface area contributed by atoms with Crippen LogP contribution in [-0.4, -0.2) is 4.57 Å². The van der Waals surface area contributed by atoms with E-state index in [9.17, 15) is 0 Å². The normalized spacial score (nSPS) is 10.7. The van der Waals surface area contributed by atoms with Gasteiger partial charge in [0, 0.05) is 6.54 Å². The van der Waals surface area contributed by atoms with E-state index in [2.05, 4.69) is 66.1 Å². The fraction of sp³-hybridized carbons (Fsp3) is 0.167. The van der Waals surface area contributed by atoms with E-state index >= 15 is 0 Å². The minimum atomic E-state index is 0.953. The minimum absolute atomic E-state index is 0.953. The first-order valence-corrected chi connectivity index (χ1v) is 8.38. The molecule has 0 aliphatic rings. The molecule has 21 heavy (non-hydrogen) atoms. The third-order valence-electron chi connectivity index (χ3n) is 3.43. The van der Waals surface area contributed by atoms with Crippen LogP contribution in [0.3, 0.4) is 0 Å². The van der Waals surface area contributed by atoms with Crippen LogP contribution in [0.25, 0.3) is 21.7 Å². The van der Waals surface area contributed by atoms with E-state index in [0.717, 1.165) is 16.9 Å². The van der Waals surface area contributed by atoms with Crippen molar-refractivity contribution >= 4 is 23.6 Å². The molecular formula is C18H17NS2. The zero-order valence-electron chi connectivity index (χ0n) is 12.0. The topological polar surface area (TPSA) is 4.93 Å². The van der Waals surface area contributed by atoms with E-state index in [1.54, 1.807) is 11.3 Å². The molecule has 2 aromatic carbocycles. The average Bonchev–Trinajstić information content (AvgIpc) is 2.86. The first-order chi connectivity index (χ1) is 10.3. The summed E-state index contributed by atoms with van der Waals surface area (Å²) in [6.07, 6.45) is 1.08. The van der Waals surface area contributed by atoms with Gasteiger partial charge in [-0.15, -0.1) is 11.3 Å². The molecule has 1 heterocycles. The molecule has 0 unspecified atom stereocenters. The molecule has 0 fully saturated rings. The summed E-state index contributed by atoms with van der Waals surface area (Å²) < 4.78 is 3.23. The maximum atomic E-state index is 5.61.